The van der Waals surface area contributed by atoms with E-state index in [2.05, 4.69) is 26.3 Å². The van der Waals surface area contributed by atoms with Gasteiger partial charge in [-0.2, -0.15) is 5.10 Å². The van der Waals surface area contributed by atoms with Crippen LogP contribution in [0.25, 0.3) is 0 Å². The maximum Gasteiger partial charge on any atom is 0.256 e. The number of aromatic nitrogens is 2. The lowest BCUT2D eigenvalue weighted by Crippen LogP contribution is -2.13. The summed E-state index contributed by atoms with van der Waals surface area (Å²) in [5, 5.41) is 7.08. The molecule has 5 nitrogen and oxygen atoms in total. The van der Waals surface area contributed by atoms with Gasteiger partial charge in [0.25, 0.3) is 5.91 Å². The van der Waals surface area contributed by atoms with Crippen LogP contribution in [-0.4, -0.2) is 15.7 Å². The second-order valence-corrected chi connectivity index (χ2v) is 7.81. The highest BCUT2D eigenvalue weighted by Gasteiger charge is 2.10. The van der Waals surface area contributed by atoms with Crippen LogP contribution in [0.5, 0.6) is 5.75 Å². The first-order valence-electron chi connectivity index (χ1n) is 9.62. The van der Waals surface area contributed by atoms with Crippen LogP contribution in [0.1, 0.15) is 21.5 Å². The topological polar surface area (TPSA) is 56.2 Å². The Morgan fingerprint density at radius 1 is 1.03 bits per heavy atom. The lowest BCUT2D eigenvalue weighted by molar-refractivity contribution is 0.102. The van der Waals surface area contributed by atoms with Gasteiger partial charge in [-0.15, -0.1) is 0 Å². The number of ether oxygens (including phenoxy) is 1. The summed E-state index contributed by atoms with van der Waals surface area (Å²) < 4.78 is 22.1. The quantitative estimate of drug-likeness (QED) is 0.371. The second-order valence-electron chi connectivity index (χ2n) is 6.89. The standard InChI is InChI=1S/C24H19BrFN3O2/c25-20-8-4-9-21(14-20)31-16-17-5-3-7-18(13-17)24(30)27-23-11-12-29(28-23)15-19-6-1-2-10-22(19)26/h1-14H,15-16H2,(H,27,28,30). The van der Waals surface area contributed by atoms with Crippen LogP contribution in [0.3, 0.4) is 0 Å². The van der Waals surface area contributed by atoms with E-state index in [0.717, 1.165) is 15.8 Å². The van der Waals surface area contributed by atoms with Gasteiger partial charge in [-0.25, -0.2) is 4.39 Å². The monoisotopic (exact) mass is 479 g/mol. The molecule has 31 heavy (non-hydrogen) atoms. The molecule has 0 aliphatic heterocycles. The van der Waals surface area contributed by atoms with Gasteiger partial charge in [-0.05, 0) is 42.0 Å². The van der Waals surface area contributed by atoms with Crippen molar-refractivity contribution >= 4 is 27.7 Å². The normalized spacial score (nSPS) is 10.6. The summed E-state index contributed by atoms with van der Waals surface area (Å²) in [5.74, 6) is 0.577. The van der Waals surface area contributed by atoms with Crippen molar-refractivity contribution in [3.8, 4) is 5.75 Å². The number of nitrogens with one attached hydrogen (secondary N) is 1. The molecule has 0 saturated heterocycles. The molecule has 0 saturated carbocycles. The number of hydrogen-bond acceptors (Lipinski definition) is 3. The highest BCUT2D eigenvalue weighted by atomic mass is 79.9. The predicted octanol–water partition coefficient (Wildman–Crippen LogP) is 5.66. The average molecular weight is 480 g/mol. The van der Waals surface area contributed by atoms with Gasteiger partial charge in [0.1, 0.15) is 18.2 Å². The Bertz CT molecular complexity index is 1210. The molecule has 0 radical (unpaired) electrons. The van der Waals surface area contributed by atoms with Crippen LogP contribution < -0.4 is 10.1 Å². The molecular weight excluding hydrogens is 461 g/mol. The van der Waals surface area contributed by atoms with Gasteiger partial charge < -0.3 is 10.1 Å². The van der Waals surface area contributed by atoms with E-state index in [1.54, 1.807) is 47.3 Å². The second kappa shape index (κ2) is 9.57. The summed E-state index contributed by atoms with van der Waals surface area (Å²) in [5.41, 5.74) is 1.90. The molecule has 0 fully saturated rings. The first-order valence-corrected chi connectivity index (χ1v) is 10.4. The van der Waals surface area contributed by atoms with Crippen molar-refractivity contribution in [2.45, 2.75) is 13.2 Å². The number of benzene rings is 3. The Balaban J connectivity index is 1.38. The summed E-state index contributed by atoms with van der Waals surface area (Å²) >= 11 is 3.42. The summed E-state index contributed by atoms with van der Waals surface area (Å²) in [6.45, 7) is 0.625. The molecule has 1 aromatic heterocycles. The zero-order valence-corrected chi connectivity index (χ0v) is 18.0. The minimum Gasteiger partial charge on any atom is -0.489 e. The predicted molar refractivity (Wildman–Crippen MR) is 121 cm³/mol. The number of nitrogens with zero attached hydrogens (tertiary/aromatic N) is 2. The fraction of sp³-hybridized carbons (Fsp3) is 0.0833. The van der Waals surface area contributed by atoms with E-state index >= 15 is 0 Å². The van der Waals surface area contributed by atoms with E-state index in [-0.39, 0.29) is 18.3 Å². The van der Waals surface area contributed by atoms with Crippen LogP contribution in [0.15, 0.2) is 89.5 Å². The summed E-state index contributed by atoms with van der Waals surface area (Å²) in [4.78, 5) is 12.6. The number of rotatable bonds is 7. The van der Waals surface area contributed by atoms with Crippen LogP contribution in [0.2, 0.25) is 0 Å². The van der Waals surface area contributed by atoms with Crippen molar-refractivity contribution in [3.05, 3.63) is 112 Å². The fourth-order valence-corrected chi connectivity index (χ4v) is 3.41. The van der Waals surface area contributed by atoms with Crippen molar-refractivity contribution < 1.29 is 13.9 Å². The van der Waals surface area contributed by atoms with Crippen LogP contribution in [-0.2, 0) is 13.2 Å². The lowest BCUT2D eigenvalue weighted by Gasteiger charge is -2.08. The van der Waals surface area contributed by atoms with Gasteiger partial charge >= 0.3 is 0 Å². The van der Waals surface area contributed by atoms with E-state index < -0.39 is 0 Å². The van der Waals surface area contributed by atoms with Crippen molar-refractivity contribution in [2.75, 3.05) is 5.32 Å². The first-order chi connectivity index (χ1) is 15.1. The summed E-state index contributed by atoms with van der Waals surface area (Å²) in [6, 6.07) is 23.0. The molecule has 4 aromatic rings. The molecule has 0 aliphatic carbocycles. The molecule has 0 bridgehead atoms. The van der Waals surface area contributed by atoms with Gasteiger partial charge in [0.15, 0.2) is 5.82 Å². The van der Waals surface area contributed by atoms with Crippen molar-refractivity contribution in [2.24, 2.45) is 0 Å². The summed E-state index contributed by atoms with van der Waals surface area (Å²) in [7, 11) is 0. The Morgan fingerprint density at radius 2 is 1.87 bits per heavy atom. The largest absolute Gasteiger partial charge is 0.489 e. The molecule has 0 aliphatic rings. The summed E-state index contributed by atoms with van der Waals surface area (Å²) in [6.07, 6.45) is 1.70. The number of hydrogen-bond donors (Lipinski definition) is 1. The van der Waals surface area contributed by atoms with Crippen molar-refractivity contribution in [1.82, 2.24) is 9.78 Å². The van der Waals surface area contributed by atoms with E-state index in [1.165, 1.54) is 6.07 Å². The number of carbonyl (C=O) groups excluding carboxylic acids is 1. The highest BCUT2D eigenvalue weighted by molar-refractivity contribution is 9.10. The molecule has 3 aromatic carbocycles. The molecule has 4 rings (SSSR count). The van der Waals surface area contributed by atoms with Gasteiger partial charge in [0.05, 0.1) is 6.54 Å². The molecule has 0 atom stereocenters. The van der Waals surface area contributed by atoms with Gasteiger partial charge in [-0.3, -0.25) is 9.48 Å². The van der Waals surface area contributed by atoms with Crippen molar-refractivity contribution in [3.63, 3.8) is 0 Å². The Hall–Kier alpha value is -3.45. The third-order valence-corrected chi connectivity index (χ3v) is 5.06. The maximum absolute atomic E-state index is 13.8. The number of carbonyl (C=O) groups is 1. The van der Waals surface area contributed by atoms with E-state index in [9.17, 15) is 9.18 Å². The lowest BCUT2D eigenvalue weighted by atomic mass is 10.1. The third kappa shape index (κ3) is 5.58. The van der Waals surface area contributed by atoms with Crippen LogP contribution >= 0.6 is 15.9 Å². The Morgan fingerprint density at radius 3 is 2.71 bits per heavy atom. The third-order valence-electron chi connectivity index (χ3n) is 4.56. The SMILES string of the molecule is O=C(Nc1ccn(Cc2ccccc2F)n1)c1cccc(COc2cccc(Br)c2)c1. The molecular formula is C24H19BrFN3O2. The first kappa shape index (κ1) is 20.8. The van der Waals surface area contributed by atoms with Gasteiger partial charge in [0, 0.05) is 27.9 Å². The van der Waals surface area contributed by atoms with Crippen molar-refractivity contribution in [1.29, 1.82) is 0 Å². The molecule has 0 unspecified atom stereocenters. The number of amides is 1. The fourth-order valence-electron chi connectivity index (χ4n) is 3.03. The Kier molecular flexibility index (Phi) is 6.43. The Labute approximate surface area is 187 Å². The molecule has 1 N–H and O–H groups in total. The number of halogens is 2. The van der Waals surface area contributed by atoms with Crippen LogP contribution in [0, 0.1) is 5.82 Å². The highest BCUT2D eigenvalue weighted by Crippen LogP contribution is 2.19. The molecule has 0 spiro atoms. The van der Waals surface area contributed by atoms with Crippen LogP contribution in [0.4, 0.5) is 10.2 Å². The molecule has 1 amide bonds. The average Bonchev–Trinajstić information content (AvgIpc) is 3.21. The maximum atomic E-state index is 13.8. The van der Waals surface area contributed by atoms with E-state index in [1.807, 2.05) is 36.4 Å². The zero-order valence-electron chi connectivity index (χ0n) is 16.5. The molecule has 7 heteroatoms. The smallest absolute Gasteiger partial charge is 0.256 e. The van der Waals surface area contributed by atoms with Gasteiger partial charge in [-0.1, -0.05) is 52.3 Å². The molecule has 156 valence electrons. The minimum absolute atomic E-state index is 0.277. The number of anilines is 1. The zero-order chi connectivity index (χ0) is 21.6. The van der Waals surface area contributed by atoms with Gasteiger partial charge in [0.2, 0.25) is 0 Å². The molecule has 1 heterocycles. The minimum atomic E-state index is -0.287. The van der Waals surface area contributed by atoms with E-state index in [0.29, 0.717) is 23.6 Å². The van der Waals surface area contributed by atoms with E-state index in [4.69, 9.17) is 4.74 Å².